The summed E-state index contributed by atoms with van der Waals surface area (Å²) in [5.74, 6) is 0. The minimum Gasteiger partial charge on any atom is -0.311 e. The van der Waals surface area contributed by atoms with Gasteiger partial charge in [-0.1, -0.05) is 96.1 Å². The number of hydrogen-bond acceptors (Lipinski definition) is 2. The van der Waals surface area contributed by atoms with Crippen molar-refractivity contribution in [1.82, 2.24) is 9.13 Å². The van der Waals surface area contributed by atoms with E-state index in [1.807, 2.05) is 0 Å². The minimum absolute atomic E-state index is 1.11. The van der Waals surface area contributed by atoms with Crippen LogP contribution in [0.5, 0.6) is 0 Å². The first-order chi connectivity index (χ1) is 29.6. The van der Waals surface area contributed by atoms with E-state index in [-0.39, 0.29) is 0 Å². The Hall–Kier alpha value is -7.82. The number of fused-ring (bicyclic) bond motifs is 6. The molecule has 0 saturated heterocycles. The molecule has 0 atom stereocenters. The van der Waals surface area contributed by atoms with Gasteiger partial charge in [-0.25, -0.2) is 0 Å². The van der Waals surface area contributed by atoms with Gasteiger partial charge in [-0.3, -0.25) is 0 Å². The van der Waals surface area contributed by atoms with Crippen LogP contribution in [0.4, 0.5) is 34.1 Å². The molecule has 0 fully saturated rings. The maximum absolute atomic E-state index is 2.44. The van der Waals surface area contributed by atoms with Crippen LogP contribution in [-0.4, -0.2) is 9.13 Å². The predicted molar refractivity (Wildman–Crippen MR) is 254 cm³/mol. The van der Waals surface area contributed by atoms with Crippen LogP contribution in [0.2, 0.25) is 0 Å². The van der Waals surface area contributed by atoms with E-state index in [1.54, 1.807) is 0 Å². The lowest BCUT2D eigenvalue weighted by Crippen LogP contribution is -2.09. The molecule has 0 radical (unpaired) electrons. The number of anilines is 6. The van der Waals surface area contributed by atoms with Crippen molar-refractivity contribution in [1.29, 1.82) is 0 Å². The van der Waals surface area contributed by atoms with E-state index in [9.17, 15) is 0 Å². The van der Waals surface area contributed by atoms with Gasteiger partial charge in [0.25, 0.3) is 0 Å². The van der Waals surface area contributed by atoms with E-state index in [0.29, 0.717) is 0 Å². The topological polar surface area (TPSA) is 16.3 Å². The summed E-state index contributed by atoms with van der Waals surface area (Å²) in [6.45, 7) is 4.38. The Morgan fingerprint density at radius 3 is 0.867 bits per heavy atom. The van der Waals surface area contributed by atoms with E-state index >= 15 is 0 Å². The van der Waals surface area contributed by atoms with Crippen LogP contribution in [0.1, 0.15) is 11.1 Å². The second-order valence-corrected chi connectivity index (χ2v) is 15.6. The predicted octanol–water partition coefficient (Wildman–Crippen LogP) is 15.4. The Morgan fingerprint density at radius 2 is 0.550 bits per heavy atom. The number of nitrogens with zero attached hydrogens (tertiary/aromatic N) is 4. The van der Waals surface area contributed by atoms with E-state index in [2.05, 4.69) is 251 Å². The molecule has 9 aromatic carbocycles. The zero-order valence-corrected chi connectivity index (χ0v) is 33.6. The first-order valence-corrected chi connectivity index (χ1v) is 20.6. The molecule has 0 aliphatic carbocycles. The van der Waals surface area contributed by atoms with Crippen LogP contribution >= 0.6 is 0 Å². The van der Waals surface area contributed by atoms with Crippen LogP contribution < -0.4 is 9.80 Å². The fourth-order valence-electron chi connectivity index (χ4n) is 9.02. The summed E-state index contributed by atoms with van der Waals surface area (Å²) in [5.41, 5.74) is 16.2. The summed E-state index contributed by atoms with van der Waals surface area (Å²) in [5, 5.41) is 4.96. The van der Waals surface area contributed by atoms with Crippen molar-refractivity contribution in [2.24, 2.45) is 0 Å². The van der Waals surface area contributed by atoms with E-state index < -0.39 is 0 Å². The van der Waals surface area contributed by atoms with Gasteiger partial charge in [0.2, 0.25) is 0 Å². The fourth-order valence-corrected chi connectivity index (χ4v) is 9.02. The molecular weight excluding hydrogens is 729 g/mol. The SMILES string of the molecule is Cc1ccc2c(c1)c1cc3c(cc1n2-c1ccc(N(c2ccccc2)c2ccccc2)cc1)c1cc(C)ccc1n3-c1ccc(N(c2ccccc2)c2ccccc2)cc1. The Balaban J connectivity index is 1.08. The monoisotopic (exact) mass is 770 g/mol. The van der Waals surface area contributed by atoms with Crippen LogP contribution in [0.15, 0.2) is 218 Å². The van der Waals surface area contributed by atoms with Crippen LogP contribution in [0.25, 0.3) is 55.0 Å². The van der Waals surface area contributed by atoms with Crippen molar-refractivity contribution in [3.8, 4) is 11.4 Å². The second kappa shape index (κ2) is 14.5. The first kappa shape index (κ1) is 35.4. The maximum Gasteiger partial charge on any atom is 0.0548 e. The standard InChI is InChI=1S/C56H42N4/c1-39-23-33-53-49(35-39)51-37-56-52(38-55(51)59(53)47-29-25-45(26-30-47)57(41-15-7-3-8-16-41)42-17-9-4-10-18-42)50-36-40(2)24-34-54(50)60(56)48-31-27-46(28-32-48)58(43-19-11-5-12-20-43)44-21-13-6-14-22-44/h3-38H,1-2H3. The molecule has 4 nitrogen and oxygen atoms in total. The van der Waals surface area contributed by atoms with Crippen LogP contribution in [0, 0.1) is 13.8 Å². The van der Waals surface area contributed by atoms with Crippen molar-refractivity contribution in [3.05, 3.63) is 230 Å². The lowest BCUT2D eigenvalue weighted by molar-refractivity contribution is 1.17. The van der Waals surface area contributed by atoms with Gasteiger partial charge in [-0.2, -0.15) is 0 Å². The van der Waals surface area contributed by atoms with Gasteiger partial charge in [-0.05, 0) is 147 Å². The second-order valence-electron chi connectivity index (χ2n) is 15.6. The van der Waals surface area contributed by atoms with E-state index in [4.69, 9.17) is 0 Å². The first-order valence-electron chi connectivity index (χ1n) is 20.6. The van der Waals surface area contributed by atoms with Gasteiger partial charge < -0.3 is 18.9 Å². The van der Waals surface area contributed by atoms with Crippen molar-refractivity contribution in [2.45, 2.75) is 13.8 Å². The Labute approximate surface area is 350 Å². The largest absolute Gasteiger partial charge is 0.311 e. The molecule has 0 aliphatic rings. The molecule has 11 aromatic rings. The highest BCUT2D eigenvalue weighted by atomic mass is 15.1. The van der Waals surface area contributed by atoms with Gasteiger partial charge in [0.1, 0.15) is 0 Å². The Bertz CT molecular complexity index is 2990. The molecule has 4 heteroatoms. The molecule has 0 unspecified atom stereocenters. The lowest BCUT2D eigenvalue weighted by Gasteiger charge is -2.25. The van der Waals surface area contributed by atoms with Crippen LogP contribution in [-0.2, 0) is 0 Å². The molecule has 286 valence electrons. The molecule has 11 rings (SSSR count). The third-order valence-electron chi connectivity index (χ3n) is 11.8. The molecule has 0 aliphatic heterocycles. The highest BCUT2D eigenvalue weighted by Gasteiger charge is 2.20. The van der Waals surface area contributed by atoms with E-state index in [0.717, 1.165) is 45.5 Å². The zero-order chi connectivity index (χ0) is 40.2. The van der Waals surface area contributed by atoms with Crippen molar-refractivity contribution < 1.29 is 0 Å². The quantitative estimate of drug-likeness (QED) is 0.153. The van der Waals surface area contributed by atoms with Crippen molar-refractivity contribution in [2.75, 3.05) is 9.80 Å². The molecule has 0 saturated carbocycles. The lowest BCUT2D eigenvalue weighted by atomic mass is 10.1. The molecule has 0 N–H and O–H groups in total. The number of benzene rings is 9. The van der Waals surface area contributed by atoms with Crippen molar-refractivity contribution >= 4 is 77.7 Å². The number of para-hydroxylation sites is 4. The maximum atomic E-state index is 2.44. The molecule has 60 heavy (non-hydrogen) atoms. The molecule has 0 spiro atoms. The zero-order valence-electron chi connectivity index (χ0n) is 33.6. The molecule has 0 amide bonds. The average Bonchev–Trinajstić information content (AvgIpc) is 3.78. The summed E-state index contributed by atoms with van der Waals surface area (Å²) < 4.78 is 4.89. The highest BCUT2D eigenvalue weighted by molar-refractivity contribution is 6.19. The number of aromatic nitrogens is 2. The van der Waals surface area contributed by atoms with Gasteiger partial charge in [0.15, 0.2) is 0 Å². The number of rotatable bonds is 8. The minimum atomic E-state index is 1.11. The number of aryl methyl sites for hydroxylation is 2. The molecular formula is C56H42N4. The third kappa shape index (κ3) is 6.00. The Morgan fingerprint density at radius 1 is 0.267 bits per heavy atom. The summed E-state index contributed by atoms with van der Waals surface area (Å²) in [6.07, 6.45) is 0. The van der Waals surface area contributed by atoms with Crippen molar-refractivity contribution in [3.63, 3.8) is 0 Å². The van der Waals surface area contributed by atoms with Gasteiger partial charge in [0.05, 0.1) is 22.1 Å². The van der Waals surface area contributed by atoms with Gasteiger partial charge in [-0.15, -0.1) is 0 Å². The fraction of sp³-hybridized carbons (Fsp3) is 0.0357. The molecule has 2 aromatic heterocycles. The normalized spacial score (nSPS) is 11.5. The van der Waals surface area contributed by atoms with Gasteiger partial charge in [0, 0.05) is 67.0 Å². The van der Waals surface area contributed by atoms with Crippen LogP contribution in [0.3, 0.4) is 0 Å². The highest BCUT2D eigenvalue weighted by Crippen LogP contribution is 2.42. The van der Waals surface area contributed by atoms with E-state index in [1.165, 1.54) is 54.7 Å². The Kier molecular flexibility index (Phi) is 8.56. The molecule has 2 heterocycles. The summed E-state index contributed by atoms with van der Waals surface area (Å²) in [6, 6.07) is 79.0. The summed E-state index contributed by atoms with van der Waals surface area (Å²) in [4.78, 5) is 4.63. The third-order valence-corrected chi connectivity index (χ3v) is 11.8. The average molecular weight is 771 g/mol. The number of hydrogen-bond donors (Lipinski definition) is 0. The summed E-state index contributed by atoms with van der Waals surface area (Å²) >= 11 is 0. The smallest absolute Gasteiger partial charge is 0.0548 e. The summed E-state index contributed by atoms with van der Waals surface area (Å²) in [7, 11) is 0. The van der Waals surface area contributed by atoms with Gasteiger partial charge >= 0.3 is 0 Å². The molecule has 0 bridgehead atoms.